The van der Waals surface area contributed by atoms with Gasteiger partial charge in [0.15, 0.2) is 5.82 Å². The van der Waals surface area contributed by atoms with E-state index in [-0.39, 0.29) is 12.2 Å². The van der Waals surface area contributed by atoms with E-state index in [4.69, 9.17) is 10.6 Å². The van der Waals surface area contributed by atoms with E-state index in [0.29, 0.717) is 23.3 Å². The maximum absolute atomic E-state index is 10.9. The predicted octanol–water partition coefficient (Wildman–Crippen LogP) is 1.17. The SMILES string of the molecule is Cc1ccc(-c2nnc(SCC3CNC(=O)O3)n2N)cc1. The number of rotatable bonds is 4. The maximum Gasteiger partial charge on any atom is 0.407 e. The van der Waals surface area contributed by atoms with E-state index in [9.17, 15) is 4.79 Å². The third-order valence-electron chi connectivity index (χ3n) is 3.12. The van der Waals surface area contributed by atoms with Crippen molar-refractivity contribution < 1.29 is 9.53 Å². The Hall–Kier alpha value is -2.22. The first kappa shape index (κ1) is 13.7. The van der Waals surface area contributed by atoms with Crippen molar-refractivity contribution in [3.05, 3.63) is 29.8 Å². The summed E-state index contributed by atoms with van der Waals surface area (Å²) in [6.07, 6.45) is -0.544. The van der Waals surface area contributed by atoms with Crippen LogP contribution in [0.5, 0.6) is 0 Å². The molecule has 0 radical (unpaired) electrons. The molecule has 1 fully saturated rings. The van der Waals surface area contributed by atoms with Crippen LogP contribution in [-0.4, -0.2) is 39.4 Å². The molecule has 0 aliphatic carbocycles. The van der Waals surface area contributed by atoms with E-state index in [2.05, 4.69) is 15.5 Å². The fraction of sp³-hybridized carbons (Fsp3) is 0.308. The Morgan fingerprint density at radius 3 is 2.86 bits per heavy atom. The zero-order valence-corrected chi connectivity index (χ0v) is 12.3. The molecule has 0 spiro atoms. The molecule has 2 aromatic rings. The summed E-state index contributed by atoms with van der Waals surface area (Å²) in [7, 11) is 0. The lowest BCUT2D eigenvalue weighted by Crippen LogP contribution is -2.18. The van der Waals surface area contributed by atoms with Gasteiger partial charge in [-0.15, -0.1) is 10.2 Å². The van der Waals surface area contributed by atoms with Crippen molar-refractivity contribution in [3.63, 3.8) is 0 Å². The van der Waals surface area contributed by atoms with Crippen molar-refractivity contribution in [2.45, 2.75) is 18.2 Å². The third kappa shape index (κ3) is 2.94. The van der Waals surface area contributed by atoms with E-state index < -0.39 is 0 Å². The molecule has 21 heavy (non-hydrogen) atoms. The van der Waals surface area contributed by atoms with Crippen molar-refractivity contribution in [3.8, 4) is 11.4 Å². The highest BCUT2D eigenvalue weighted by molar-refractivity contribution is 7.99. The number of carbonyl (C=O) groups is 1. The minimum absolute atomic E-state index is 0.165. The molecule has 3 N–H and O–H groups in total. The second kappa shape index (κ2) is 5.65. The van der Waals surface area contributed by atoms with Crippen LogP contribution in [0.15, 0.2) is 29.4 Å². The lowest BCUT2D eigenvalue weighted by atomic mass is 10.1. The monoisotopic (exact) mass is 305 g/mol. The molecule has 7 nitrogen and oxygen atoms in total. The van der Waals surface area contributed by atoms with Gasteiger partial charge in [0.25, 0.3) is 0 Å². The van der Waals surface area contributed by atoms with Crippen LogP contribution in [0.1, 0.15) is 5.56 Å². The number of carbonyl (C=O) groups excluding carboxylic acids is 1. The van der Waals surface area contributed by atoms with Crippen LogP contribution in [-0.2, 0) is 4.74 Å². The van der Waals surface area contributed by atoms with E-state index in [1.165, 1.54) is 22.0 Å². The average Bonchev–Trinajstić information content (AvgIpc) is 3.04. The average molecular weight is 305 g/mol. The number of aryl methyl sites for hydroxylation is 1. The van der Waals surface area contributed by atoms with Gasteiger partial charge in [0, 0.05) is 11.3 Å². The van der Waals surface area contributed by atoms with Crippen molar-refractivity contribution in [2.75, 3.05) is 18.1 Å². The molecule has 1 atom stereocenters. The summed E-state index contributed by atoms with van der Waals surface area (Å²) in [6, 6.07) is 7.92. The van der Waals surface area contributed by atoms with Crippen molar-refractivity contribution in [1.82, 2.24) is 20.2 Å². The largest absolute Gasteiger partial charge is 0.443 e. The molecule has 1 aromatic carbocycles. The molecule has 2 heterocycles. The summed E-state index contributed by atoms with van der Waals surface area (Å²) < 4.78 is 6.52. The highest BCUT2D eigenvalue weighted by Gasteiger charge is 2.23. The molecule has 1 aromatic heterocycles. The molecule has 1 aliphatic rings. The Morgan fingerprint density at radius 2 is 2.19 bits per heavy atom. The van der Waals surface area contributed by atoms with Crippen molar-refractivity contribution in [2.24, 2.45) is 0 Å². The van der Waals surface area contributed by atoms with Crippen LogP contribution in [0, 0.1) is 6.92 Å². The first-order valence-electron chi connectivity index (χ1n) is 6.48. The van der Waals surface area contributed by atoms with Gasteiger partial charge >= 0.3 is 6.09 Å². The molecule has 1 unspecified atom stereocenters. The number of hydrogen-bond acceptors (Lipinski definition) is 6. The lowest BCUT2D eigenvalue weighted by molar-refractivity contribution is 0.150. The number of aromatic nitrogens is 3. The van der Waals surface area contributed by atoms with Gasteiger partial charge in [0.2, 0.25) is 5.16 Å². The summed E-state index contributed by atoms with van der Waals surface area (Å²) in [6.45, 7) is 2.53. The van der Waals surface area contributed by atoms with Crippen molar-refractivity contribution >= 4 is 17.9 Å². The minimum Gasteiger partial charge on any atom is -0.443 e. The van der Waals surface area contributed by atoms with Crippen LogP contribution in [0.3, 0.4) is 0 Å². The van der Waals surface area contributed by atoms with E-state index >= 15 is 0 Å². The summed E-state index contributed by atoms with van der Waals surface area (Å²) >= 11 is 1.41. The Labute approximate surface area is 125 Å². The number of nitrogen functional groups attached to an aromatic ring is 1. The molecular formula is C13H15N5O2S. The van der Waals surface area contributed by atoms with Crippen LogP contribution in [0.2, 0.25) is 0 Å². The van der Waals surface area contributed by atoms with Gasteiger partial charge in [-0.05, 0) is 6.92 Å². The Kier molecular flexibility index (Phi) is 3.70. The molecule has 110 valence electrons. The molecule has 3 rings (SSSR count). The Morgan fingerprint density at radius 1 is 1.43 bits per heavy atom. The van der Waals surface area contributed by atoms with Crippen molar-refractivity contribution in [1.29, 1.82) is 0 Å². The normalized spacial score (nSPS) is 17.6. The van der Waals surface area contributed by atoms with Gasteiger partial charge < -0.3 is 15.9 Å². The number of cyclic esters (lactones) is 1. The molecule has 1 aliphatic heterocycles. The second-order valence-electron chi connectivity index (χ2n) is 4.76. The Bertz CT molecular complexity index is 655. The standard InChI is InChI=1S/C13H15N5O2S/c1-8-2-4-9(5-3-8)11-16-17-12(18(11)14)21-7-10-6-15-13(19)20-10/h2-5,10H,6-7,14H2,1H3,(H,15,19). The summed E-state index contributed by atoms with van der Waals surface area (Å²) in [4.78, 5) is 10.9. The number of hydrogen-bond donors (Lipinski definition) is 2. The molecule has 1 saturated heterocycles. The first-order chi connectivity index (χ1) is 10.1. The van der Waals surface area contributed by atoms with Gasteiger partial charge in [-0.1, -0.05) is 41.6 Å². The number of nitrogens with one attached hydrogen (secondary N) is 1. The van der Waals surface area contributed by atoms with Gasteiger partial charge in [-0.25, -0.2) is 9.47 Å². The lowest BCUT2D eigenvalue weighted by Gasteiger charge is -2.07. The minimum atomic E-state index is -0.379. The van der Waals surface area contributed by atoms with Gasteiger partial charge in [-0.2, -0.15) is 0 Å². The number of amides is 1. The zero-order chi connectivity index (χ0) is 14.8. The summed E-state index contributed by atoms with van der Waals surface area (Å²) in [5, 5.41) is 11.4. The number of nitrogens with zero attached hydrogens (tertiary/aromatic N) is 3. The fourth-order valence-corrected chi connectivity index (χ4v) is 2.81. The second-order valence-corrected chi connectivity index (χ2v) is 5.75. The highest BCUT2D eigenvalue weighted by atomic mass is 32.2. The van der Waals surface area contributed by atoms with E-state index in [0.717, 1.165) is 5.56 Å². The summed E-state index contributed by atoms with van der Waals surface area (Å²) in [5.41, 5.74) is 2.09. The zero-order valence-electron chi connectivity index (χ0n) is 11.4. The third-order valence-corrected chi connectivity index (χ3v) is 4.20. The van der Waals surface area contributed by atoms with Gasteiger partial charge in [0.1, 0.15) is 6.10 Å². The highest BCUT2D eigenvalue weighted by Crippen LogP contribution is 2.23. The Balaban J connectivity index is 1.70. The molecule has 0 saturated carbocycles. The molecule has 0 bridgehead atoms. The number of benzene rings is 1. The molecule has 8 heteroatoms. The number of alkyl carbamates (subject to hydrolysis) is 1. The fourth-order valence-electron chi connectivity index (χ4n) is 1.97. The van der Waals surface area contributed by atoms with Crippen LogP contribution >= 0.6 is 11.8 Å². The van der Waals surface area contributed by atoms with E-state index in [1.54, 1.807) is 0 Å². The topological polar surface area (TPSA) is 95.1 Å². The molecular weight excluding hydrogens is 290 g/mol. The maximum atomic E-state index is 10.9. The first-order valence-corrected chi connectivity index (χ1v) is 7.47. The number of ether oxygens (including phenoxy) is 1. The summed E-state index contributed by atoms with van der Waals surface area (Å²) in [5.74, 6) is 7.23. The number of nitrogens with two attached hydrogens (primary N) is 1. The van der Waals surface area contributed by atoms with Gasteiger partial charge in [0.05, 0.1) is 6.54 Å². The van der Waals surface area contributed by atoms with Crippen LogP contribution in [0.4, 0.5) is 4.79 Å². The quantitative estimate of drug-likeness (QED) is 0.650. The molecule has 1 amide bonds. The van der Waals surface area contributed by atoms with Crippen LogP contribution in [0.25, 0.3) is 11.4 Å². The van der Waals surface area contributed by atoms with E-state index in [1.807, 2.05) is 31.2 Å². The predicted molar refractivity (Wildman–Crippen MR) is 79.3 cm³/mol. The number of thioether (sulfide) groups is 1. The van der Waals surface area contributed by atoms with Crippen LogP contribution < -0.4 is 11.2 Å². The smallest absolute Gasteiger partial charge is 0.407 e. The van der Waals surface area contributed by atoms with Gasteiger partial charge in [-0.3, -0.25) is 0 Å².